The average molecular weight is 418 g/mol. The van der Waals surface area contributed by atoms with Gasteiger partial charge in [-0.1, -0.05) is 42.5 Å². The summed E-state index contributed by atoms with van der Waals surface area (Å²) in [4.78, 5) is 26.2. The zero-order chi connectivity index (χ0) is 21.8. The number of rotatable bonds is 6. The first kappa shape index (κ1) is 20.9. The molecule has 160 valence electrons. The lowest BCUT2D eigenvalue weighted by atomic mass is 9.75. The molecule has 1 atom stereocenters. The molecule has 1 heterocycles. The van der Waals surface area contributed by atoms with Gasteiger partial charge in [0.15, 0.2) is 5.78 Å². The van der Waals surface area contributed by atoms with Gasteiger partial charge in [0.2, 0.25) is 0 Å². The summed E-state index contributed by atoms with van der Waals surface area (Å²) in [6.45, 7) is 2.16. The molecule has 5 nitrogen and oxygen atoms in total. The number of hydrogen-bond acceptors (Lipinski definition) is 5. The zero-order valence-corrected chi connectivity index (χ0v) is 17.9. The number of allylic oxidation sites excluding steroid dienone is 3. The molecule has 31 heavy (non-hydrogen) atoms. The summed E-state index contributed by atoms with van der Waals surface area (Å²) in [6.07, 6.45) is 2.76. The first-order valence-electron chi connectivity index (χ1n) is 10.7. The third kappa shape index (κ3) is 4.41. The Kier molecular flexibility index (Phi) is 6.21. The van der Waals surface area contributed by atoms with Gasteiger partial charge in [-0.05, 0) is 43.0 Å². The highest BCUT2D eigenvalue weighted by molar-refractivity contribution is 6.03. The van der Waals surface area contributed by atoms with Crippen LogP contribution in [0.3, 0.4) is 0 Å². The maximum atomic E-state index is 13.2. The molecule has 0 fully saturated rings. The lowest BCUT2D eigenvalue weighted by Crippen LogP contribution is -2.34. The Morgan fingerprint density at radius 3 is 2.68 bits per heavy atom. The number of ether oxygens (including phenoxy) is 2. The number of carbonyl (C=O) groups is 2. The van der Waals surface area contributed by atoms with Gasteiger partial charge < -0.3 is 14.8 Å². The number of ketones is 1. The third-order valence-electron chi connectivity index (χ3n) is 5.89. The minimum atomic E-state index is -0.455. The Hall–Kier alpha value is -3.34. The quantitative estimate of drug-likeness (QED) is 0.704. The van der Waals surface area contributed by atoms with E-state index in [4.69, 9.17) is 9.47 Å². The summed E-state index contributed by atoms with van der Waals surface area (Å²) in [5.74, 6) is -0.0680. The minimum Gasteiger partial charge on any atom is -0.497 e. The lowest BCUT2D eigenvalue weighted by molar-refractivity contribution is -0.139. The summed E-state index contributed by atoms with van der Waals surface area (Å²) >= 11 is 0. The van der Waals surface area contributed by atoms with E-state index in [2.05, 4.69) is 5.32 Å². The number of nitrogens with one attached hydrogen (secondary N) is 1. The lowest BCUT2D eigenvalue weighted by Gasteiger charge is -2.34. The molecule has 0 bridgehead atoms. The van der Waals surface area contributed by atoms with Crippen molar-refractivity contribution in [3.8, 4) is 5.75 Å². The Morgan fingerprint density at radius 2 is 1.90 bits per heavy atom. The van der Waals surface area contributed by atoms with Gasteiger partial charge in [-0.15, -0.1) is 0 Å². The number of benzene rings is 2. The highest BCUT2D eigenvalue weighted by atomic mass is 16.5. The predicted molar refractivity (Wildman–Crippen MR) is 119 cm³/mol. The van der Waals surface area contributed by atoms with Crippen molar-refractivity contribution in [2.75, 3.05) is 13.7 Å². The Labute approximate surface area is 182 Å². The van der Waals surface area contributed by atoms with Crippen molar-refractivity contribution in [3.05, 3.63) is 88.3 Å². The second-order valence-corrected chi connectivity index (χ2v) is 7.91. The van der Waals surface area contributed by atoms with E-state index in [0.29, 0.717) is 29.7 Å². The average Bonchev–Trinajstić information content (AvgIpc) is 2.79. The number of methoxy groups -OCH3 is 1. The Bertz CT molecular complexity index is 1050. The molecular weight excluding hydrogens is 390 g/mol. The molecule has 1 aliphatic carbocycles. The molecule has 0 saturated heterocycles. The smallest absolute Gasteiger partial charge is 0.336 e. The van der Waals surface area contributed by atoms with Gasteiger partial charge >= 0.3 is 5.97 Å². The number of Topliss-reactive ketones (excluding diaryl/α,β-unsaturated/α-hetero) is 1. The van der Waals surface area contributed by atoms with Crippen molar-refractivity contribution in [3.63, 3.8) is 0 Å². The van der Waals surface area contributed by atoms with E-state index in [1.165, 1.54) is 0 Å². The van der Waals surface area contributed by atoms with E-state index in [0.717, 1.165) is 35.4 Å². The molecule has 2 aromatic carbocycles. The predicted octanol–water partition coefficient (Wildman–Crippen LogP) is 4.45. The normalized spacial score (nSPS) is 18.4. The van der Waals surface area contributed by atoms with Crippen molar-refractivity contribution in [2.24, 2.45) is 0 Å². The summed E-state index contributed by atoms with van der Waals surface area (Å²) < 4.78 is 11.1. The molecule has 2 aliphatic rings. The number of hydrogen-bond donors (Lipinski definition) is 1. The van der Waals surface area contributed by atoms with E-state index < -0.39 is 11.9 Å². The first-order valence-corrected chi connectivity index (χ1v) is 10.7. The van der Waals surface area contributed by atoms with Crippen LogP contribution < -0.4 is 10.1 Å². The highest BCUT2D eigenvalue weighted by Crippen LogP contribution is 2.43. The Balaban J connectivity index is 1.65. The maximum absolute atomic E-state index is 13.2. The van der Waals surface area contributed by atoms with Crippen molar-refractivity contribution in [1.82, 2.24) is 5.32 Å². The van der Waals surface area contributed by atoms with Crippen LogP contribution in [0, 0.1) is 0 Å². The molecular formula is C26H27NO4. The van der Waals surface area contributed by atoms with E-state index in [-0.39, 0.29) is 12.4 Å². The van der Waals surface area contributed by atoms with Crippen LogP contribution >= 0.6 is 0 Å². The van der Waals surface area contributed by atoms with Gasteiger partial charge in [0.1, 0.15) is 5.75 Å². The fourth-order valence-corrected chi connectivity index (χ4v) is 4.39. The SMILES string of the molecule is COc1cccc(C2C(C(=O)OCCc3ccccc3)=C(C)NC3=C2C(=O)CCC3)c1. The summed E-state index contributed by atoms with van der Waals surface area (Å²) in [5, 5.41) is 3.32. The van der Waals surface area contributed by atoms with Gasteiger partial charge in [-0.2, -0.15) is 0 Å². The number of dihydropyridines is 1. The van der Waals surface area contributed by atoms with E-state index >= 15 is 0 Å². The third-order valence-corrected chi connectivity index (χ3v) is 5.89. The van der Waals surface area contributed by atoms with Crippen LogP contribution in [-0.4, -0.2) is 25.5 Å². The molecule has 1 unspecified atom stereocenters. The van der Waals surface area contributed by atoms with Crippen LogP contribution in [0.4, 0.5) is 0 Å². The van der Waals surface area contributed by atoms with Crippen LogP contribution in [0.15, 0.2) is 77.1 Å². The van der Waals surface area contributed by atoms with Crippen molar-refractivity contribution >= 4 is 11.8 Å². The molecule has 0 amide bonds. The van der Waals surface area contributed by atoms with Gasteiger partial charge in [0, 0.05) is 35.7 Å². The van der Waals surface area contributed by atoms with Gasteiger partial charge in [-0.3, -0.25) is 4.79 Å². The van der Waals surface area contributed by atoms with E-state index in [1.54, 1.807) is 7.11 Å². The molecule has 4 rings (SSSR count). The monoisotopic (exact) mass is 417 g/mol. The van der Waals surface area contributed by atoms with Crippen LogP contribution in [0.2, 0.25) is 0 Å². The zero-order valence-electron chi connectivity index (χ0n) is 17.9. The molecule has 0 spiro atoms. The molecule has 2 aromatic rings. The van der Waals surface area contributed by atoms with Crippen molar-refractivity contribution in [2.45, 2.75) is 38.5 Å². The molecule has 5 heteroatoms. The van der Waals surface area contributed by atoms with Gasteiger partial charge in [0.25, 0.3) is 0 Å². The van der Waals surface area contributed by atoms with Crippen LogP contribution in [-0.2, 0) is 20.7 Å². The van der Waals surface area contributed by atoms with Crippen molar-refractivity contribution in [1.29, 1.82) is 0 Å². The Morgan fingerprint density at radius 1 is 1.10 bits per heavy atom. The fraction of sp³-hybridized carbons (Fsp3) is 0.308. The summed E-state index contributed by atoms with van der Waals surface area (Å²) in [7, 11) is 1.61. The topological polar surface area (TPSA) is 64.6 Å². The second kappa shape index (κ2) is 9.21. The molecule has 1 aliphatic heterocycles. The molecule has 1 N–H and O–H groups in total. The second-order valence-electron chi connectivity index (χ2n) is 7.91. The number of carbonyl (C=O) groups excluding carboxylic acids is 2. The van der Waals surface area contributed by atoms with Gasteiger partial charge in [0.05, 0.1) is 19.3 Å². The highest BCUT2D eigenvalue weighted by Gasteiger charge is 2.39. The van der Waals surface area contributed by atoms with Crippen molar-refractivity contribution < 1.29 is 19.1 Å². The molecule has 0 saturated carbocycles. The van der Waals surface area contributed by atoms with E-state index in [9.17, 15) is 9.59 Å². The first-order chi connectivity index (χ1) is 15.1. The van der Waals surface area contributed by atoms with Crippen LogP contribution in [0.5, 0.6) is 5.75 Å². The largest absolute Gasteiger partial charge is 0.497 e. The fourth-order valence-electron chi connectivity index (χ4n) is 4.39. The number of esters is 1. The minimum absolute atomic E-state index is 0.0867. The molecule has 0 aromatic heterocycles. The standard InChI is InChI=1S/C26H27NO4/c1-17-23(26(29)31-15-14-18-8-4-3-5-9-18)24(19-10-6-11-20(16-19)30-2)25-21(27-17)12-7-13-22(25)28/h3-6,8-11,16,24,27H,7,12-15H2,1-2H3. The van der Waals surface area contributed by atoms with E-state index in [1.807, 2.05) is 61.5 Å². The maximum Gasteiger partial charge on any atom is 0.336 e. The summed E-state index contributed by atoms with van der Waals surface area (Å²) in [5.41, 5.74) is 4.81. The van der Waals surface area contributed by atoms with Crippen LogP contribution in [0.1, 0.15) is 43.2 Å². The molecule has 0 radical (unpaired) electrons. The van der Waals surface area contributed by atoms with Crippen LogP contribution in [0.25, 0.3) is 0 Å². The summed E-state index contributed by atoms with van der Waals surface area (Å²) in [6, 6.07) is 17.5. The van der Waals surface area contributed by atoms with Gasteiger partial charge in [-0.25, -0.2) is 4.79 Å².